The third-order valence-corrected chi connectivity index (χ3v) is 3.22. The number of halogens is 1. The smallest absolute Gasteiger partial charge is 0.257 e. The number of carbonyl (C=O) groups excluding carboxylic acids is 2. The van der Waals surface area contributed by atoms with Crippen molar-refractivity contribution in [2.45, 2.75) is 6.92 Å². The summed E-state index contributed by atoms with van der Waals surface area (Å²) >= 11 is 10.9. The van der Waals surface area contributed by atoms with E-state index >= 15 is 0 Å². The van der Waals surface area contributed by atoms with E-state index in [4.69, 9.17) is 23.8 Å². The zero-order chi connectivity index (χ0) is 16.8. The average Bonchev–Trinajstić information content (AvgIpc) is 2.48. The van der Waals surface area contributed by atoms with Gasteiger partial charge in [-0.25, -0.2) is 0 Å². The topological polar surface area (TPSA) is 70.2 Å². The lowest BCUT2D eigenvalue weighted by atomic mass is 10.2. The summed E-state index contributed by atoms with van der Waals surface area (Å²) in [6, 6.07) is 13.5. The van der Waals surface area contributed by atoms with Crippen LogP contribution >= 0.6 is 23.8 Å². The van der Waals surface area contributed by atoms with Crippen molar-refractivity contribution in [2.75, 3.05) is 10.6 Å². The molecule has 2 aromatic rings. The fraction of sp³-hybridized carbons (Fsp3) is 0.0625. The molecule has 118 valence electrons. The van der Waals surface area contributed by atoms with Crippen molar-refractivity contribution in [3.8, 4) is 0 Å². The van der Waals surface area contributed by atoms with Crippen LogP contribution in [-0.2, 0) is 4.79 Å². The van der Waals surface area contributed by atoms with Crippen LogP contribution in [0.25, 0.3) is 0 Å². The second-order valence-corrected chi connectivity index (χ2v) is 5.52. The Hall–Kier alpha value is -2.44. The number of anilines is 2. The van der Waals surface area contributed by atoms with Crippen molar-refractivity contribution >= 4 is 52.1 Å². The molecule has 0 atom stereocenters. The lowest BCUT2D eigenvalue weighted by Gasteiger charge is -2.10. The van der Waals surface area contributed by atoms with Gasteiger partial charge in [0.1, 0.15) is 0 Å². The largest absolute Gasteiger partial charge is 0.332 e. The second kappa shape index (κ2) is 7.71. The Bertz CT molecular complexity index is 747. The third-order valence-electron chi connectivity index (χ3n) is 2.78. The van der Waals surface area contributed by atoms with Gasteiger partial charge in [0.15, 0.2) is 5.11 Å². The van der Waals surface area contributed by atoms with Crippen molar-refractivity contribution in [1.29, 1.82) is 0 Å². The summed E-state index contributed by atoms with van der Waals surface area (Å²) in [5.41, 5.74) is 1.79. The summed E-state index contributed by atoms with van der Waals surface area (Å²) in [6.45, 7) is 1.44. The number of carbonyl (C=O) groups is 2. The van der Waals surface area contributed by atoms with Crippen molar-refractivity contribution in [2.24, 2.45) is 0 Å². The molecular weight excluding hydrogens is 334 g/mol. The van der Waals surface area contributed by atoms with E-state index in [1.54, 1.807) is 48.5 Å². The summed E-state index contributed by atoms with van der Waals surface area (Å²) in [7, 11) is 0. The molecule has 0 aliphatic rings. The zero-order valence-corrected chi connectivity index (χ0v) is 13.8. The molecule has 0 radical (unpaired) electrons. The van der Waals surface area contributed by atoms with Gasteiger partial charge < -0.3 is 10.6 Å². The molecule has 0 fully saturated rings. The van der Waals surface area contributed by atoms with Gasteiger partial charge >= 0.3 is 0 Å². The number of amides is 2. The molecule has 2 rings (SSSR count). The number of hydrogen-bond donors (Lipinski definition) is 3. The van der Waals surface area contributed by atoms with E-state index in [0.717, 1.165) is 0 Å². The van der Waals surface area contributed by atoms with E-state index in [1.807, 2.05) is 0 Å². The van der Waals surface area contributed by atoms with Crippen LogP contribution in [-0.4, -0.2) is 16.9 Å². The molecule has 0 saturated heterocycles. The number of benzene rings is 2. The average molecular weight is 348 g/mol. The number of rotatable bonds is 3. The van der Waals surface area contributed by atoms with E-state index in [2.05, 4.69) is 16.0 Å². The van der Waals surface area contributed by atoms with Crippen LogP contribution in [0.1, 0.15) is 17.3 Å². The van der Waals surface area contributed by atoms with Gasteiger partial charge in [-0.1, -0.05) is 17.7 Å². The first-order valence-corrected chi connectivity index (χ1v) is 7.48. The van der Waals surface area contributed by atoms with Crippen LogP contribution < -0.4 is 16.0 Å². The molecule has 0 aliphatic heterocycles. The van der Waals surface area contributed by atoms with Crippen LogP contribution in [0.15, 0.2) is 48.5 Å². The maximum absolute atomic E-state index is 12.0. The van der Waals surface area contributed by atoms with Gasteiger partial charge in [-0.15, -0.1) is 0 Å². The fourth-order valence-corrected chi connectivity index (χ4v) is 2.21. The van der Waals surface area contributed by atoms with E-state index < -0.39 is 0 Å². The SMILES string of the molecule is CC(=O)Nc1ccc(NC(=S)NC(=O)c2cccc(Cl)c2)cc1. The first kappa shape index (κ1) is 16.9. The second-order valence-electron chi connectivity index (χ2n) is 4.68. The highest BCUT2D eigenvalue weighted by Gasteiger charge is 2.08. The van der Waals surface area contributed by atoms with E-state index in [1.165, 1.54) is 6.92 Å². The third kappa shape index (κ3) is 5.36. The van der Waals surface area contributed by atoms with Crippen LogP contribution in [0.3, 0.4) is 0 Å². The van der Waals surface area contributed by atoms with Crippen LogP contribution in [0.2, 0.25) is 5.02 Å². The van der Waals surface area contributed by atoms with E-state index in [0.29, 0.717) is 22.0 Å². The molecule has 0 heterocycles. The fourth-order valence-electron chi connectivity index (χ4n) is 1.81. The van der Waals surface area contributed by atoms with Gasteiger partial charge in [-0.3, -0.25) is 14.9 Å². The molecule has 23 heavy (non-hydrogen) atoms. The Morgan fingerprint density at radius 2 is 1.61 bits per heavy atom. The zero-order valence-electron chi connectivity index (χ0n) is 12.2. The number of hydrogen-bond acceptors (Lipinski definition) is 3. The molecule has 0 spiro atoms. The highest BCUT2D eigenvalue weighted by atomic mass is 35.5. The molecule has 0 aliphatic carbocycles. The summed E-state index contributed by atoms with van der Waals surface area (Å²) in [5, 5.41) is 8.77. The number of nitrogens with one attached hydrogen (secondary N) is 3. The minimum atomic E-state index is -0.347. The summed E-state index contributed by atoms with van der Waals surface area (Å²) in [6.07, 6.45) is 0. The van der Waals surface area contributed by atoms with Crippen LogP contribution in [0, 0.1) is 0 Å². The first-order chi connectivity index (χ1) is 10.9. The summed E-state index contributed by atoms with van der Waals surface area (Å²) in [4.78, 5) is 23.0. The van der Waals surface area contributed by atoms with E-state index in [9.17, 15) is 9.59 Å². The van der Waals surface area contributed by atoms with Gasteiger partial charge in [0.2, 0.25) is 5.91 Å². The van der Waals surface area contributed by atoms with Crippen molar-refractivity contribution in [3.63, 3.8) is 0 Å². The Morgan fingerprint density at radius 1 is 1.00 bits per heavy atom. The minimum Gasteiger partial charge on any atom is -0.332 e. The predicted octanol–water partition coefficient (Wildman–Crippen LogP) is 3.43. The summed E-state index contributed by atoms with van der Waals surface area (Å²) in [5.74, 6) is -0.491. The molecular formula is C16H14ClN3O2S. The molecule has 0 aromatic heterocycles. The van der Waals surface area contributed by atoms with Gasteiger partial charge in [-0.05, 0) is 54.7 Å². The monoisotopic (exact) mass is 347 g/mol. The molecule has 2 aromatic carbocycles. The van der Waals surface area contributed by atoms with Crippen LogP contribution in [0.5, 0.6) is 0 Å². The molecule has 0 bridgehead atoms. The molecule has 0 unspecified atom stereocenters. The maximum Gasteiger partial charge on any atom is 0.257 e. The normalized spacial score (nSPS) is 9.83. The molecule has 5 nitrogen and oxygen atoms in total. The van der Waals surface area contributed by atoms with Crippen molar-refractivity contribution in [1.82, 2.24) is 5.32 Å². The number of thiocarbonyl (C=S) groups is 1. The molecule has 0 saturated carbocycles. The molecule has 2 amide bonds. The van der Waals surface area contributed by atoms with Gasteiger partial charge in [0.25, 0.3) is 5.91 Å². The Balaban J connectivity index is 1.94. The van der Waals surface area contributed by atoms with Crippen molar-refractivity contribution < 1.29 is 9.59 Å². The highest BCUT2D eigenvalue weighted by molar-refractivity contribution is 7.80. The Labute approximate surface area is 144 Å². The molecule has 3 N–H and O–H groups in total. The Kier molecular flexibility index (Phi) is 5.67. The standard InChI is InChI=1S/C16H14ClN3O2S/c1-10(21)18-13-5-7-14(8-6-13)19-16(23)20-15(22)11-3-2-4-12(17)9-11/h2-9H,1H3,(H,18,21)(H2,19,20,22,23). The highest BCUT2D eigenvalue weighted by Crippen LogP contribution is 2.14. The Morgan fingerprint density at radius 3 is 2.17 bits per heavy atom. The van der Waals surface area contributed by atoms with Gasteiger partial charge in [0, 0.05) is 28.9 Å². The quantitative estimate of drug-likeness (QED) is 0.744. The predicted molar refractivity (Wildman–Crippen MR) is 95.9 cm³/mol. The maximum atomic E-state index is 12.0. The summed E-state index contributed by atoms with van der Waals surface area (Å²) < 4.78 is 0. The van der Waals surface area contributed by atoms with Gasteiger partial charge in [-0.2, -0.15) is 0 Å². The molecule has 7 heteroatoms. The lowest BCUT2D eigenvalue weighted by molar-refractivity contribution is -0.114. The van der Waals surface area contributed by atoms with Crippen molar-refractivity contribution in [3.05, 3.63) is 59.1 Å². The van der Waals surface area contributed by atoms with Crippen LogP contribution in [0.4, 0.5) is 11.4 Å². The van der Waals surface area contributed by atoms with Gasteiger partial charge in [0.05, 0.1) is 0 Å². The lowest BCUT2D eigenvalue weighted by Crippen LogP contribution is -2.34. The first-order valence-electron chi connectivity index (χ1n) is 6.69. The minimum absolute atomic E-state index is 0.144. The van der Waals surface area contributed by atoms with E-state index in [-0.39, 0.29) is 16.9 Å².